The molecule has 0 unspecified atom stereocenters. The number of hydrogen-bond donors (Lipinski definition) is 3. The van der Waals surface area contributed by atoms with Gasteiger partial charge in [-0.15, -0.1) is 5.10 Å². The lowest BCUT2D eigenvalue weighted by Crippen LogP contribution is -2.15. The number of carbonyl (C=O) groups is 1. The standard InChI is InChI=1S/C17H17N5O2/c23-17(24)20-16-19-15-3-1-2-14(22(15)21-16)12-6-4-11(5-7-12)10-18-13-8-9-13/h1-7,13,18H,8-10H2,(H,20,21)(H,23,24). The molecular formula is C17H17N5O2. The molecule has 2 aromatic heterocycles. The maximum Gasteiger partial charge on any atom is 0.411 e. The molecule has 24 heavy (non-hydrogen) atoms. The van der Waals surface area contributed by atoms with E-state index < -0.39 is 6.09 Å². The highest BCUT2D eigenvalue weighted by molar-refractivity contribution is 5.80. The number of rotatable bonds is 5. The van der Waals surface area contributed by atoms with E-state index in [0.717, 1.165) is 17.8 Å². The lowest BCUT2D eigenvalue weighted by Gasteiger charge is -2.07. The first kappa shape index (κ1) is 14.6. The summed E-state index contributed by atoms with van der Waals surface area (Å²) in [6.07, 6.45) is 1.37. The van der Waals surface area contributed by atoms with Crippen molar-refractivity contribution in [3.05, 3.63) is 48.0 Å². The van der Waals surface area contributed by atoms with Crippen LogP contribution < -0.4 is 10.6 Å². The highest BCUT2D eigenvalue weighted by Gasteiger charge is 2.19. The number of carboxylic acid groups (broad SMARTS) is 1. The van der Waals surface area contributed by atoms with E-state index in [-0.39, 0.29) is 5.95 Å². The Bertz CT molecular complexity index is 884. The lowest BCUT2D eigenvalue weighted by atomic mass is 10.1. The fraction of sp³-hybridized carbons (Fsp3) is 0.235. The fourth-order valence-corrected chi connectivity index (χ4v) is 2.62. The van der Waals surface area contributed by atoms with Gasteiger partial charge in [-0.1, -0.05) is 30.3 Å². The van der Waals surface area contributed by atoms with Gasteiger partial charge in [0.2, 0.25) is 0 Å². The van der Waals surface area contributed by atoms with Gasteiger partial charge >= 0.3 is 6.09 Å². The molecular weight excluding hydrogens is 306 g/mol. The number of aromatic nitrogens is 3. The van der Waals surface area contributed by atoms with Crippen molar-refractivity contribution in [2.45, 2.75) is 25.4 Å². The molecule has 1 fully saturated rings. The molecule has 0 spiro atoms. The van der Waals surface area contributed by atoms with E-state index in [0.29, 0.717) is 11.7 Å². The van der Waals surface area contributed by atoms with Gasteiger partial charge in [0.25, 0.3) is 5.95 Å². The zero-order chi connectivity index (χ0) is 16.5. The Hall–Kier alpha value is -2.93. The van der Waals surface area contributed by atoms with Crippen molar-refractivity contribution in [1.82, 2.24) is 19.9 Å². The number of fused-ring (bicyclic) bond motifs is 1. The normalized spacial score (nSPS) is 14.0. The molecule has 1 aliphatic carbocycles. The van der Waals surface area contributed by atoms with Gasteiger partial charge in [0.15, 0.2) is 5.65 Å². The summed E-state index contributed by atoms with van der Waals surface area (Å²) in [7, 11) is 0. The number of hydrogen-bond acceptors (Lipinski definition) is 4. The first-order chi connectivity index (χ1) is 11.7. The molecule has 7 nitrogen and oxygen atoms in total. The monoisotopic (exact) mass is 323 g/mol. The SMILES string of the molecule is O=C(O)Nc1nc2cccc(-c3ccc(CNC4CC4)cc3)n2n1. The topological polar surface area (TPSA) is 91.5 Å². The van der Waals surface area contributed by atoms with Crippen molar-refractivity contribution >= 4 is 17.7 Å². The second-order valence-corrected chi connectivity index (χ2v) is 5.90. The van der Waals surface area contributed by atoms with Crippen LogP contribution in [0.1, 0.15) is 18.4 Å². The zero-order valence-corrected chi connectivity index (χ0v) is 12.9. The summed E-state index contributed by atoms with van der Waals surface area (Å²) in [5, 5.41) is 18.7. The summed E-state index contributed by atoms with van der Waals surface area (Å²) >= 11 is 0. The van der Waals surface area contributed by atoms with Gasteiger partial charge in [-0.05, 0) is 30.5 Å². The molecule has 1 saturated carbocycles. The number of anilines is 1. The lowest BCUT2D eigenvalue weighted by molar-refractivity contribution is 0.209. The molecule has 0 bridgehead atoms. The Kier molecular flexibility index (Phi) is 3.62. The van der Waals surface area contributed by atoms with Crippen LogP contribution in [-0.4, -0.2) is 31.8 Å². The van der Waals surface area contributed by atoms with Crippen LogP contribution in [0.2, 0.25) is 0 Å². The van der Waals surface area contributed by atoms with Crippen LogP contribution in [0.15, 0.2) is 42.5 Å². The fourth-order valence-electron chi connectivity index (χ4n) is 2.62. The van der Waals surface area contributed by atoms with E-state index >= 15 is 0 Å². The van der Waals surface area contributed by atoms with E-state index in [2.05, 4.69) is 32.8 Å². The summed E-state index contributed by atoms with van der Waals surface area (Å²) in [6.45, 7) is 0.880. The summed E-state index contributed by atoms with van der Waals surface area (Å²) in [5.74, 6) is 0.0696. The molecule has 0 atom stereocenters. The van der Waals surface area contributed by atoms with Gasteiger partial charge in [-0.2, -0.15) is 4.98 Å². The van der Waals surface area contributed by atoms with Crippen LogP contribution >= 0.6 is 0 Å². The Morgan fingerprint density at radius 2 is 2.00 bits per heavy atom. The van der Waals surface area contributed by atoms with Crippen molar-refractivity contribution in [2.75, 3.05) is 5.32 Å². The van der Waals surface area contributed by atoms with E-state index in [1.54, 1.807) is 10.6 Å². The van der Waals surface area contributed by atoms with Crippen LogP contribution in [0.25, 0.3) is 16.9 Å². The number of nitrogens with zero attached hydrogens (tertiary/aromatic N) is 3. The van der Waals surface area contributed by atoms with Gasteiger partial charge in [0, 0.05) is 18.2 Å². The average molecular weight is 323 g/mol. The third kappa shape index (κ3) is 3.07. The molecule has 4 rings (SSSR count). The molecule has 122 valence electrons. The molecule has 2 heterocycles. The summed E-state index contributed by atoms with van der Waals surface area (Å²) in [4.78, 5) is 14.9. The highest BCUT2D eigenvalue weighted by atomic mass is 16.4. The van der Waals surface area contributed by atoms with Crippen molar-refractivity contribution < 1.29 is 9.90 Å². The van der Waals surface area contributed by atoms with E-state index in [9.17, 15) is 4.79 Å². The number of nitrogens with one attached hydrogen (secondary N) is 2. The smallest absolute Gasteiger partial charge is 0.411 e. The molecule has 0 radical (unpaired) electrons. The molecule has 0 saturated heterocycles. The quantitative estimate of drug-likeness (QED) is 0.671. The molecule has 0 aliphatic heterocycles. The summed E-state index contributed by atoms with van der Waals surface area (Å²) < 4.78 is 1.64. The molecule has 1 amide bonds. The minimum absolute atomic E-state index is 0.0696. The second-order valence-electron chi connectivity index (χ2n) is 5.90. The van der Waals surface area contributed by atoms with E-state index in [1.807, 2.05) is 24.3 Å². The largest absolute Gasteiger partial charge is 0.465 e. The predicted molar refractivity (Wildman–Crippen MR) is 89.9 cm³/mol. The van der Waals surface area contributed by atoms with Gasteiger partial charge in [0.1, 0.15) is 0 Å². The molecule has 3 aromatic rings. The average Bonchev–Trinajstić information content (AvgIpc) is 3.31. The Labute approximate surface area is 138 Å². The zero-order valence-electron chi connectivity index (χ0n) is 12.9. The van der Waals surface area contributed by atoms with Gasteiger partial charge < -0.3 is 10.4 Å². The third-order valence-corrected chi connectivity index (χ3v) is 4.00. The number of pyridine rings is 1. The molecule has 1 aliphatic rings. The minimum Gasteiger partial charge on any atom is -0.465 e. The van der Waals surface area contributed by atoms with Crippen molar-refractivity contribution in [3.8, 4) is 11.3 Å². The van der Waals surface area contributed by atoms with E-state index in [1.165, 1.54) is 18.4 Å². The first-order valence-corrected chi connectivity index (χ1v) is 7.87. The van der Waals surface area contributed by atoms with Crippen LogP contribution in [0.3, 0.4) is 0 Å². The predicted octanol–water partition coefficient (Wildman–Crippen LogP) is 2.74. The maximum atomic E-state index is 10.7. The van der Waals surface area contributed by atoms with Crippen LogP contribution in [0, 0.1) is 0 Å². The van der Waals surface area contributed by atoms with Crippen LogP contribution in [0.5, 0.6) is 0 Å². The Balaban J connectivity index is 1.62. The summed E-state index contributed by atoms with van der Waals surface area (Å²) in [5.41, 5.74) is 3.70. The van der Waals surface area contributed by atoms with Crippen molar-refractivity contribution in [1.29, 1.82) is 0 Å². The number of benzene rings is 1. The minimum atomic E-state index is -1.18. The van der Waals surface area contributed by atoms with E-state index in [4.69, 9.17) is 5.11 Å². The third-order valence-electron chi connectivity index (χ3n) is 4.00. The highest BCUT2D eigenvalue weighted by Crippen LogP contribution is 2.22. The first-order valence-electron chi connectivity index (χ1n) is 7.87. The van der Waals surface area contributed by atoms with Gasteiger partial charge in [-0.3, -0.25) is 5.32 Å². The number of amides is 1. The Morgan fingerprint density at radius 1 is 1.21 bits per heavy atom. The van der Waals surface area contributed by atoms with Gasteiger partial charge in [0.05, 0.1) is 5.69 Å². The maximum absolute atomic E-state index is 10.7. The molecule has 3 N–H and O–H groups in total. The van der Waals surface area contributed by atoms with Crippen molar-refractivity contribution in [2.24, 2.45) is 0 Å². The van der Waals surface area contributed by atoms with Crippen LogP contribution in [-0.2, 0) is 6.54 Å². The van der Waals surface area contributed by atoms with Crippen molar-refractivity contribution in [3.63, 3.8) is 0 Å². The Morgan fingerprint density at radius 3 is 2.71 bits per heavy atom. The van der Waals surface area contributed by atoms with Gasteiger partial charge in [-0.25, -0.2) is 9.31 Å². The van der Waals surface area contributed by atoms with Crippen LogP contribution in [0.4, 0.5) is 10.7 Å². The summed E-state index contributed by atoms with van der Waals surface area (Å²) in [6, 6.07) is 14.6. The molecule has 7 heteroatoms. The second kappa shape index (κ2) is 5.93. The molecule has 1 aromatic carbocycles.